The Morgan fingerprint density at radius 3 is 2.75 bits per heavy atom. The lowest BCUT2D eigenvalue weighted by atomic mass is 10.4. The van der Waals surface area contributed by atoms with Crippen molar-refractivity contribution < 1.29 is 0 Å². The van der Waals surface area contributed by atoms with Crippen molar-refractivity contribution in [3.8, 4) is 0 Å². The Hall–Kier alpha value is -0.680. The van der Waals surface area contributed by atoms with E-state index in [1.165, 1.54) is 5.69 Å². The molecular formula is C11H22N4S. The van der Waals surface area contributed by atoms with Gasteiger partial charge in [-0.2, -0.15) is 11.8 Å². The summed E-state index contributed by atoms with van der Waals surface area (Å²) in [5.74, 6) is 0.995. The Morgan fingerprint density at radius 1 is 1.56 bits per heavy atom. The number of rotatable bonds is 6. The summed E-state index contributed by atoms with van der Waals surface area (Å²) in [6, 6.07) is 0. The minimum absolute atomic E-state index is 0.654. The molecule has 0 spiro atoms. The van der Waals surface area contributed by atoms with Crippen molar-refractivity contribution in [3.63, 3.8) is 0 Å². The maximum atomic E-state index is 4.38. The highest BCUT2D eigenvalue weighted by Gasteiger charge is 2.07. The fourth-order valence-electron chi connectivity index (χ4n) is 1.50. The SMILES string of the molecule is CSC(C)CNCc1cnc(N(C)C)n1C. The number of hydrogen-bond donors (Lipinski definition) is 1. The van der Waals surface area contributed by atoms with Crippen LogP contribution in [-0.4, -0.2) is 41.7 Å². The van der Waals surface area contributed by atoms with Gasteiger partial charge in [-0.1, -0.05) is 6.92 Å². The third kappa shape index (κ3) is 3.42. The van der Waals surface area contributed by atoms with Gasteiger partial charge in [0.15, 0.2) is 0 Å². The van der Waals surface area contributed by atoms with Crippen LogP contribution in [0.25, 0.3) is 0 Å². The molecule has 1 aromatic heterocycles. The first kappa shape index (κ1) is 13.4. The maximum absolute atomic E-state index is 4.38. The molecule has 0 fully saturated rings. The molecule has 0 aliphatic heterocycles. The number of nitrogens with zero attached hydrogens (tertiary/aromatic N) is 3. The lowest BCUT2D eigenvalue weighted by Crippen LogP contribution is -2.23. The number of aromatic nitrogens is 2. The van der Waals surface area contributed by atoms with E-state index in [9.17, 15) is 0 Å². The third-order valence-corrected chi connectivity index (χ3v) is 3.57. The average Bonchev–Trinajstić information content (AvgIpc) is 2.60. The van der Waals surface area contributed by atoms with Crippen LogP contribution in [0.3, 0.4) is 0 Å². The number of nitrogens with one attached hydrogen (secondary N) is 1. The molecule has 0 amide bonds. The number of thioether (sulfide) groups is 1. The molecule has 0 radical (unpaired) electrons. The van der Waals surface area contributed by atoms with E-state index in [4.69, 9.17) is 0 Å². The Bertz CT molecular complexity index is 322. The van der Waals surface area contributed by atoms with E-state index in [2.05, 4.69) is 35.1 Å². The predicted molar refractivity (Wildman–Crippen MR) is 72.2 cm³/mol. The van der Waals surface area contributed by atoms with Crippen LogP contribution in [0.2, 0.25) is 0 Å². The molecule has 1 unspecified atom stereocenters. The number of anilines is 1. The first-order valence-electron chi connectivity index (χ1n) is 5.47. The van der Waals surface area contributed by atoms with E-state index in [-0.39, 0.29) is 0 Å². The van der Waals surface area contributed by atoms with Gasteiger partial charge in [0.2, 0.25) is 5.95 Å². The second kappa shape index (κ2) is 6.15. The van der Waals surface area contributed by atoms with Crippen molar-refractivity contribution in [3.05, 3.63) is 11.9 Å². The van der Waals surface area contributed by atoms with Gasteiger partial charge < -0.3 is 14.8 Å². The Kier molecular flexibility index (Phi) is 5.15. The van der Waals surface area contributed by atoms with Gasteiger partial charge >= 0.3 is 0 Å². The highest BCUT2D eigenvalue weighted by molar-refractivity contribution is 7.99. The largest absolute Gasteiger partial charge is 0.348 e. The van der Waals surface area contributed by atoms with Crippen LogP contribution >= 0.6 is 11.8 Å². The molecule has 1 atom stereocenters. The Balaban J connectivity index is 2.49. The van der Waals surface area contributed by atoms with E-state index in [0.29, 0.717) is 5.25 Å². The van der Waals surface area contributed by atoms with Crippen LogP contribution < -0.4 is 10.2 Å². The average molecular weight is 242 g/mol. The van der Waals surface area contributed by atoms with E-state index >= 15 is 0 Å². The first-order valence-corrected chi connectivity index (χ1v) is 6.76. The molecular weight excluding hydrogens is 220 g/mol. The standard InChI is InChI=1S/C11H22N4S/c1-9(16-5)6-12-7-10-8-13-11(14(2)3)15(10)4/h8-9,12H,6-7H2,1-5H3. The minimum Gasteiger partial charge on any atom is -0.348 e. The van der Waals surface area contributed by atoms with Gasteiger partial charge in [0.25, 0.3) is 0 Å². The van der Waals surface area contributed by atoms with Gasteiger partial charge in [0, 0.05) is 39.5 Å². The Morgan fingerprint density at radius 2 is 2.25 bits per heavy atom. The molecule has 0 aromatic carbocycles. The van der Waals surface area contributed by atoms with Gasteiger partial charge in [-0.3, -0.25) is 0 Å². The zero-order chi connectivity index (χ0) is 12.1. The van der Waals surface area contributed by atoms with Gasteiger partial charge in [0.1, 0.15) is 0 Å². The van der Waals surface area contributed by atoms with Crippen molar-refractivity contribution in [2.24, 2.45) is 7.05 Å². The summed E-state index contributed by atoms with van der Waals surface area (Å²) in [6.45, 7) is 4.14. The first-order chi connectivity index (χ1) is 7.56. The molecule has 1 N–H and O–H groups in total. The van der Waals surface area contributed by atoms with Crippen molar-refractivity contribution in [2.75, 3.05) is 31.8 Å². The van der Waals surface area contributed by atoms with Crippen LogP contribution in [0.15, 0.2) is 6.20 Å². The molecule has 4 nitrogen and oxygen atoms in total. The smallest absolute Gasteiger partial charge is 0.204 e. The lowest BCUT2D eigenvalue weighted by molar-refractivity contribution is 0.650. The monoisotopic (exact) mass is 242 g/mol. The van der Waals surface area contributed by atoms with Crippen LogP contribution in [-0.2, 0) is 13.6 Å². The summed E-state index contributed by atoms with van der Waals surface area (Å²) in [6.07, 6.45) is 4.08. The number of imidazole rings is 1. The quantitative estimate of drug-likeness (QED) is 0.816. The van der Waals surface area contributed by atoms with Gasteiger partial charge in [-0.25, -0.2) is 4.98 Å². The molecule has 0 aliphatic carbocycles. The zero-order valence-electron chi connectivity index (χ0n) is 10.8. The summed E-state index contributed by atoms with van der Waals surface area (Å²) < 4.78 is 2.12. The second-order valence-electron chi connectivity index (χ2n) is 4.18. The van der Waals surface area contributed by atoms with Crippen LogP contribution in [0.4, 0.5) is 5.95 Å². The Labute approximate surface area is 102 Å². The third-order valence-electron chi connectivity index (χ3n) is 2.60. The van der Waals surface area contributed by atoms with Crippen molar-refractivity contribution in [1.82, 2.24) is 14.9 Å². The summed E-state index contributed by atoms with van der Waals surface area (Å²) in [7, 11) is 6.07. The normalized spacial score (nSPS) is 12.8. The van der Waals surface area contributed by atoms with E-state index < -0.39 is 0 Å². The van der Waals surface area contributed by atoms with Gasteiger partial charge in [-0.15, -0.1) is 0 Å². The van der Waals surface area contributed by atoms with Gasteiger partial charge in [0.05, 0.1) is 11.9 Å². The van der Waals surface area contributed by atoms with Crippen LogP contribution in [0, 0.1) is 0 Å². The second-order valence-corrected chi connectivity index (χ2v) is 5.46. The highest BCUT2D eigenvalue weighted by Crippen LogP contribution is 2.10. The molecule has 0 saturated heterocycles. The van der Waals surface area contributed by atoms with Crippen LogP contribution in [0.1, 0.15) is 12.6 Å². The molecule has 1 heterocycles. The predicted octanol–water partition coefficient (Wildman–Crippen LogP) is 1.33. The van der Waals surface area contributed by atoms with E-state index in [0.717, 1.165) is 19.0 Å². The van der Waals surface area contributed by atoms with E-state index in [1.807, 2.05) is 37.0 Å². The van der Waals surface area contributed by atoms with Crippen molar-refractivity contribution in [1.29, 1.82) is 0 Å². The van der Waals surface area contributed by atoms with E-state index in [1.54, 1.807) is 0 Å². The van der Waals surface area contributed by atoms with Crippen molar-refractivity contribution in [2.45, 2.75) is 18.7 Å². The minimum atomic E-state index is 0.654. The van der Waals surface area contributed by atoms with Crippen LogP contribution in [0.5, 0.6) is 0 Å². The molecule has 0 bridgehead atoms. The summed E-state index contributed by atoms with van der Waals surface area (Å²) in [5.41, 5.74) is 1.22. The molecule has 1 aromatic rings. The lowest BCUT2D eigenvalue weighted by Gasteiger charge is -2.13. The molecule has 0 saturated carbocycles. The maximum Gasteiger partial charge on any atom is 0.204 e. The highest BCUT2D eigenvalue weighted by atomic mass is 32.2. The number of hydrogen-bond acceptors (Lipinski definition) is 4. The molecule has 1 rings (SSSR count). The van der Waals surface area contributed by atoms with Gasteiger partial charge in [-0.05, 0) is 6.26 Å². The zero-order valence-corrected chi connectivity index (χ0v) is 11.6. The molecule has 92 valence electrons. The fourth-order valence-corrected chi connectivity index (χ4v) is 1.78. The van der Waals surface area contributed by atoms with Crippen molar-refractivity contribution >= 4 is 17.7 Å². The summed E-state index contributed by atoms with van der Waals surface area (Å²) in [4.78, 5) is 6.40. The molecule has 0 aliphatic rings. The summed E-state index contributed by atoms with van der Waals surface area (Å²) >= 11 is 1.88. The summed E-state index contributed by atoms with van der Waals surface area (Å²) in [5, 5.41) is 4.10. The molecule has 5 heteroatoms. The topological polar surface area (TPSA) is 33.1 Å². The molecule has 16 heavy (non-hydrogen) atoms. The fraction of sp³-hybridized carbons (Fsp3) is 0.727.